The molecule has 0 saturated heterocycles. The van der Waals surface area contributed by atoms with Gasteiger partial charge in [0.05, 0.1) is 21.1 Å². The first-order valence-electron chi connectivity index (χ1n) is 6.20. The minimum absolute atomic E-state index is 0.438. The monoisotopic (exact) mass is 321 g/mol. The third-order valence-electron chi connectivity index (χ3n) is 2.11. The molecule has 0 N–H and O–H groups in total. The fraction of sp³-hybridized carbons (Fsp3) is 0.538. The SMILES string of the molecule is CCOP([O-])(=S)SCC.C[N+](C)(C)c1ccccc1. The first-order valence-corrected chi connectivity index (χ1v) is 10.4. The van der Waals surface area contributed by atoms with Gasteiger partial charge in [0.15, 0.2) is 0 Å². The van der Waals surface area contributed by atoms with E-state index in [1.54, 1.807) is 6.92 Å². The van der Waals surface area contributed by atoms with Crippen LogP contribution in [0.1, 0.15) is 13.8 Å². The predicted molar refractivity (Wildman–Crippen MR) is 90.1 cm³/mol. The molecule has 0 saturated carbocycles. The third kappa shape index (κ3) is 9.61. The lowest BCUT2D eigenvalue weighted by atomic mass is 10.3. The Morgan fingerprint density at radius 3 is 2.05 bits per heavy atom. The molecule has 0 heterocycles. The van der Waals surface area contributed by atoms with Crippen LogP contribution in [0.3, 0.4) is 0 Å². The molecule has 1 rings (SSSR count). The molecule has 0 fully saturated rings. The number of para-hydroxylation sites is 1. The quantitative estimate of drug-likeness (QED) is 0.615. The standard InChI is InChI=1S/C9H14N.C4H11O2PS2/c1-10(2,3)9-7-5-4-6-8-9;1-3-6-7(5,8)9-4-2/h4-8H,1-3H3;3-4H2,1-2H3,(H,5,8)/q+1;/p-1. The van der Waals surface area contributed by atoms with E-state index < -0.39 is 5.69 Å². The van der Waals surface area contributed by atoms with Crippen LogP contribution in [0.25, 0.3) is 0 Å². The molecular formula is C13H24NO2PS2. The molecule has 0 aromatic heterocycles. The van der Waals surface area contributed by atoms with E-state index in [9.17, 15) is 4.89 Å². The molecule has 0 aliphatic rings. The number of nitrogens with zero attached hydrogens (tertiary/aromatic N) is 1. The van der Waals surface area contributed by atoms with E-state index in [1.165, 1.54) is 17.1 Å². The Morgan fingerprint density at radius 2 is 1.74 bits per heavy atom. The maximum absolute atomic E-state index is 11.0. The molecular weight excluding hydrogens is 297 g/mol. The summed E-state index contributed by atoms with van der Waals surface area (Å²) in [5.41, 5.74) is -1.36. The summed E-state index contributed by atoms with van der Waals surface area (Å²) in [6, 6.07) is 10.5. The van der Waals surface area contributed by atoms with Crippen molar-refractivity contribution in [2.45, 2.75) is 13.8 Å². The molecule has 1 aromatic rings. The molecule has 0 aliphatic heterocycles. The Labute approximate surface area is 126 Å². The summed E-state index contributed by atoms with van der Waals surface area (Å²) in [7, 11) is 6.49. The van der Waals surface area contributed by atoms with Crippen molar-refractivity contribution in [1.82, 2.24) is 4.48 Å². The van der Waals surface area contributed by atoms with E-state index in [-0.39, 0.29) is 0 Å². The minimum Gasteiger partial charge on any atom is -0.793 e. The van der Waals surface area contributed by atoms with Crippen molar-refractivity contribution < 1.29 is 9.42 Å². The van der Waals surface area contributed by atoms with Crippen LogP contribution in [-0.2, 0) is 16.3 Å². The van der Waals surface area contributed by atoms with E-state index in [2.05, 4.69) is 57.2 Å². The number of hydrogen-bond donors (Lipinski definition) is 0. The molecule has 19 heavy (non-hydrogen) atoms. The van der Waals surface area contributed by atoms with Crippen molar-refractivity contribution in [2.24, 2.45) is 0 Å². The predicted octanol–water partition coefficient (Wildman–Crippen LogP) is 3.24. The zero-order valence-corrected chi connectivity index (χ0v) is 14.9. The second-order valence-electron chi connectivity index (χ2n) is 4.63. The highest BCUT2D eigenvalue weighted by Gasteiger charge is 2.08. The Bertz CT molecular complexity index is 383. The summed E-state index contributed by atoms with van der Waals surface area (Å²) < 4.78 is 5.69. The van der Waals surface area contributed by atoms with Crippen molar-refractivity contribution in [3.05, 3.63) is 30.3 Å². The summed E-state index contributed by atoms with van der Waals surface area (Å²) >= 11 is 5.84. The van der Waals surface area contributed by atoms with Gasteiger partial charge in [-0.05, 0) is 24.8 Å². The van der Waals surface area contributed by atoms with Crippen molar-refractivity contribution in [3.8, 4) is 0 Å². The van der Waals surface area contributed by atoms with Crippen LogP contribution in [-0.4, -0.2) is 33.5 Å². The van der Waals surface area contributed by atoms with E-state index in [0.717, 1.165) is 10.2 Å². The molecule has 0 radical (unpaired) electrons. The van der Waals surface area contributed by atoms with Gasteiger partial charge in [0, 0.05) is 12.3 Å². The summed E-state index contributed by atoms with van der Waals surface area (Å²) in [5.74, 6) is 0.751. The summed E-state index contributed by atoms with van der Waals surface area (Å²) in [6.07, 6.45) is 0. The van der Waals surface area contributed by atoms with E-state index >= 15 is 0 Å². The lowest BCUT2D eigenvalue weighted by Crippen LogP contribution is -2.34. The van der Waals surface area contributed by atoms with Crippen molar-refractivity contribution in [3.63, 3.8) is 0 Å². The minimum atomic E-state index is -2.69. The van der Waals surface area contributed by atoms with Gasteiger partial charge in [-0.1, -0.05) is 36.9 Å². The Morgan fingerprint density at radius 1 is 1.21 bits per heavy atom. The maximum Gasteiger partial charge on any atom is 0.132 e. The smallest absolute Gasteiger partial charge is 0.132 e. The Hall–Kier alpha value is 0.100. The normalized spacial score (nSPS) is 14.2. The topological polar surface area (TPSA) is 32.3 Å². The fourth-order valence-corrected chi connectivity index (χ4v) is 4.69. The summed E-state index contributed by atoms with van der Waals surface area (Å²) in [6.45, 7) is 4.13. The lowest BCUT2D eigenvalue weighted by Gasteiger charge is -2.25. The maximum atomic E-state index is 11.0. The molecule has 3 nitrogen and oxygen atoms in total. The second-order valence-corrected chi connectivity index (χ2v) is 11.0. The molecule has 110 valence electrons. The number of rotatable bonds is 5. The van der Waals surface area contributed by atoms with E-state index in [4.69, 9.17) is 4.52 Å². The van der Waals surface area contributed by atoms with Gasteiger partial charge in [-0.2, -0.15) is 0 Å². The van der Waals surface area contributed by atoms with Gasteiger partial charge in [-0.15, -0.1) is 11.4 Å². The average molecular weight is 321 g/mol. The van der Waals surface area contributed by atoms with Gasteiger partial charge >= 0.3 is 0 Å². The van der Waals surface area contributed by atoms with Crippen LogP contribution in [0.5, 0.6) is 0 Å². The van der Waals surface area contributed by atoms with E-state index in [0.29, 0.717) is 6.61 Å². The molecule has 1 aromatic carbocycles. The number of quaternary nitrogens is 1. The zero-order valence-electron chi connectivity index (χ0n) is 12.3. The van der Waals surface area contributed by atoms with Gasteiger partial charge in [0.25, 0.3) is 0 Å². The average Bonchev–Trinajstić information content (AvgIpc) is 2.29. The number of hydrogen-bond acceptors (Lipinski definition) is 4. The molecule has 0 aliphatic carbocycles. The van der Waals surface area contributed by atoms with E-state index in [1.807, 2.05) is 13.0 Å². The largest absolute Gasteiger partial charge is 0.793 e. The van der Waals surface area contributed by atoms with Crippen LogP contribution in [0, 0.1) is 0 Å². The van der Waals surface area contributed by atoms with Crippen LogP contribution in [0.4, 0.5) is 5.69 Å². The van der Waals surface area contributed by atoms with Crippen LogP contribution in [0.15, 0.2) is 30.3 Å². The molecule has 6 heteroatoms. The van der Waals surface area contributed by atoms with Crippen LogP contribution in [0.2, 0.25) is 0 Å². The number of benzene rings is 1. The van der Waals surface area contributed by atoms with Crippen molar-refractivity contribution in [2.75, 3.05) is 33.5 Å². The van der Waals surface area contributed by atoms with Gasteiger partial charge < -0.3 is 9.42 Å². The van der Waals surface area contributed by atoms with Crippen LogP contribution >= 0.6 is 17.1 Å². The van der Waals surface area contributed by atoms with Gasteiger partial charge in [-0.25, -0.2) is 0 Å². The van der Waals surface area contributed by atoms with Crippen molar-refractivity contribution in [1.29, 1.82) is 0 Å². The molecule has 0 spiro atoms. The highest BCUT2D eigenvalue weighted by Crippen LogP contribution is 2.51. The van der Waals surface area contributed by atoms with Gasteiger partial charge in [0.2, 0.25) is 0 Å². The molecule has 1 atom stereocenters. The highest BCUT2D eigenvalue weighted by molar-refractivity contribution is 8.67. The Balaban J connectivity index is 0.000000344. The first kappa shape index (κ1) is 19.1. The van der Waals surface area contributed by atoms with Crippen molar-refractivity contribution >= 4 is 34.6 Å². The lowest BCUT2D eigenvalue weighted by molar-refractivity contribution is -0.174. The molecule has 0 amide bonds. The molecule has 0 bridgehead atoms. The summed E-state index contributed by atoms with van der Waals surface area (Å²) in [4.78, 5) is 11.0. The molecule has 1 unspecified atom stereocenters. The zero-order chi connectivity index (χ0) is 14.9. The van der Waals surface area contributed by atoms with Gasteiger partial charge in [0.1, 0.15) is 5.69 Å². The fourth-order valence-electron chi connectivity index (χ4n) is 1.23. The highest BCUT2D eigenvalue weighted by atomic mass is 32.9. The second kappa shape index (κ2) is 9.11. The Kier molecular flexibility index (Phi) is 9.16. The van der Waals surface area contributed by atoms with Gasteiger partial charge in [-0.3, -0.25) is 4.48 Å². The third-order valence-corrected chi connectivity index (χ3v) is 6.56. The first-order chi connectivity index (χ1) is 8.73. The summed E-state index contributed by atoms with van der Waals surface area (Å²) in [5, 5.41) is 0. The van der Waals surface area contributed by atoms with Crippen LogP contribution < -0.4 is 9.38 Å².